The normalized spacial score (nSPS) is 23.8. The Balaban J connectivity index is 2.71. The smallest absolute Gasteiger partial charge is 0.410 e. The molecule has 0 aromatic heterocycles. The molecule has 1 rings (SSSR count). The van der Waals surface area contributed by atoms with Crippen LogP contribution < -0.4 is 0 Å². The highest BCUT2D eigenvalue weighted by Crippen LogP contribution is 2.39. The number of nitrogens with zero attached hydrogens (tertiary/aromatic N) is 1. The standard InChI is InChI=1S/C17H35NO4Si/c1-16(2,3)21-15(20)18-10-9-14(11-13(18)12-19)22-23(7,8)17(4,5)6/h13-14,19H,9-12H2,1-8H3/t13-,14-/m0/s1. The first-order valence-corrected chi connectivity index (χ1v) is 11.5. The molecule has 0 radical (unpaired) electrons. The number of aliphatic hydroxyl groups excluding tert-OH is 1. The monoisotopic (exact) mass is 345 g/mol. The lowest BCUT2D eigenvalue weighted by Crippen LogP contribution is -2.53. The van der Waals surface area contributed by atoms with Crippen LogP contribution in [0.15, 0.2) is 0 Å². The Morgan fingerprint density at radius 1 is 1.22 bits per heavy atom. The molecule has 6 heteroatoms. The van der Waals surface area contributed by atoms with Crippen LogP contribution in [-0.4, -0.2) is 55.3 Å². The van der Waals surface area contributed by atoms with Crippen molar-refractivity contribution in [1.82, 2.24) is 4.90 Å². The number of hydrogen-bond acceptors (Lipinski definition) is 4. The summed E-state index contributed by atoms with van der Waals surface area (Å²) in [6.45, 7) is 17.2. The van der Waals surface area contributed by atoms with Gasteiger partial charge in [0.15, 0.2) is 8.32 Å². The fraction of sp³-hybridized carbons (Fsp3) is 0.941. The first-order valence-electron chi connectivity index (χ1n) is 8.55. The molecule has 1 heterocycles. The first kappa shape index (κ1) is 20.5. The van der Waals surface area contributed by atoms with Gasteiger partial charge in [-0.15, -0.1) is 0 Å². The van der Waals surface area contributed by atoms with E-state index in [-0.39, 0.29) is 29.9 Å². The Hall–Kier alpha value is -0.593. The van der Waals surface area contributed by atoms with Crippen molar-refractivity contribution in [3.8, 4) is 0 Å². The van der Waals surface area contributed by atoms with Gasteiger partial charge in [0.2, 0.25) is 0 Å². The summed E-state index contributed by atoms with van der Waals surface area (Å²) in [5, 5.41) is 9.85. The van der Waals surface area contributed by atoms with Crippen LogP contribution in [0, 0.1) is 0 Å². The van der Waals surface area contributed by atoms with Crippen molar-refractivity contribution in [2.45, 2.75) is 90.3 Å². The molecule has 1 fully saturated rings. The van der Waals surface area contributed by atoms with Gasteiger partial charge in [-0.3, -0.25) is 0 Å². The zero-order chi connectivity index (χ0) is 18.1. The number of ether oxygens (including phenoxy) is 1. The van der Waals surface area contributed by atoms with Crippen molar-refractivity contribution in [2.75, 3.05) is 13.2 Å². The Labute approximate surface area is 142 Å². The third kappa shape index (κ3) is 5.76. The van der Waals surface area contributed by atoms with Gasteiger partial charge in [-0.25, -0.2) is 4.79 Å². The maximum absolute atomic E-state index is 12.3. The highest BCUT2D eigenvalue weighted by molar-refractivity contribution is 6.74. The van der Waals surface area contributed by atoms with E-state index in [0.29, 0.717) is 13.0 Å². The largest absolute Gasteiger partial charge is 0.444 e. The van der Waals surface area contributed by atoms with Gasteiger partial charge in [-0.05, 0) is 51.7 Å². The van der Waals surface area contributed by atoms with Crippen molar-refractivity contribution in [3.05, 3.63) is 0 Å². The molecule has 0 aliphatic carbocycles. The zero-order valence-electron chi connectivity index (χ0n) is 16.1. The maximum Gasteiger partial charge on any atom is 0.410 e. The van der Waals surface area contributed by atoms with Gasteiger partial charge < -0.3 is 19.2 Å². The first-order chi connectivity index (χ1) is 10.3. The number of amides is 1. The van der Waals surface area contributed by atoms with E-state index in [1.807, 2.05) is 20.8 Å². The van der Waals surface area contributed by atoms with Crippen molar-refractivity contribution in [1.29, 1.82) is 0 Å². The SMILES string of the molecule is CC(C)(C)OC(=O)N1CC[C@H](O[Si](C)(C)C(C)(C)C)C[C@H]1CO. The van der Waals surface area contributed by atoms with Crippen LogP contribution in [0.3, 0.4) is 0 Å². The van der Waals surface area contributed by atoms with Crippen molar-refractivity contribution >= 4 is 14.4 Å². The second kappa shape index (κ2) is 7.11. The number of carbonyl (C=O) groups excluding carboxylic acids is 1. The van der Waals surface area contributed by atoms with Gasteiger partial charge in [0.25, 0.3) is 0 Å². The van der Waals surface area contributed by atoms with Gasteiger partial charge >= 0.3 is 6.09 Å². The van der Waals surface area contributed by atoms with Crippen molar-refractivity contribution < 1.29 is 19.1 Å². The van der Waals surface area contributed by atoms with Crippen molar-refractivity contribution in [2.24, 2.45) is 0 Å². The number of rotatable bonds is 3. The zero-order valence-corrected chi connectivity index (χ0v) is 17.1. The summed E-state index contributed by atoms with van der Waals surface area (Å²) in [4.78, 5) is 13.9. The van der Waals surface area contributed by atoms with Gasteiger partial charge in [-0.1, -0.05) is 20.8 Å². The fourth-order valence-corrected chi connectivity index (χ4v) is 3.85. The van der Waals surface area contributed by atoms with Gasteiger partial charge in [-0.2, -0.15) is 0 Å². The topological polar surface area (TPSA) is 59.0 Å². The van der Waals surface area contributed by atoms with E-state index in [4.69, 9.17) is 9.16 Å². The molecule has 0 bridgehead atoms. The molecule has 5 nitrogen and oxygen atoms in total. The number of carbonyl (C=O) groups is 1. The van der Waals surface area contributed by atoms with Gasteiger partial charge in [0.05, 0.1) is 12.6 Å². The minimum atomic E-state index is -1.84. The van der Waals surface area contributed by atoms with Crippen LogP contribution >= 0.6 is 0 Å². The van der Waals surface area contributed by atoms with E-state index in [0.717, 1.165) is 6.42 Å². The highest BCUT2D eigenvalue weighted by atomic mass is 28.4. The Morgan fingerprint density at radius 3 is 2.22 bits per heavy atom. The van der Waals surface area contributed by atoms with Crippen LogP contribution in [0.25, 0.3) is 0 Å². The summed E-state index contributed by atoms with van der Waals surface area (Å²) in [6.07, 6.45) is 1.22. The number of aliphatic hydroxyl groups is 1. The molecule has 1 aliphatic rings. The average Bonchev–Trinajstić information content (AvgIpc) is 2.34. The van der Waals surface area contributed by atoms with Crippen LogP contribution in [0.2, 0.25) is 18.1 Å². The Bertz CT molecular complexity index is 412. The molecule has 0 unspecified atom stereocenters. The maximum atomic E-state index is 12.3. The number of piperidine rings is 1. The number of likely N-dealkylation sites (tertiary alicyclic amines) is 1. The second-order valence-corrected chi connectivity index (χ2v) is 13.8. The minimum Gasteiger partial charge on any atom is -0.444 e. The van der Waals surface area contributed by atoms with E-state index in [1.54, 1.807) is 4.90 Å². The molecule has 0 spiro atoms. The molecule has 1 saturated heterocycles. The third-order valence-corrected chi connectivity index (χ3v) is 9.31. The lowest BCUT2D eigenvalue weighted by atomic mass is 10.0. The summed E-state index contributed by atoms with van der Waals surface area (Å²) in [5.41, 5.74) is -0.522. The molecule has 1 N–H and O–H groups in total. The van der Waals surface area contributed by atoms with E-state index in [2.05, 4.69) is 33.9 Å². The van der Waals surface area contributed by atoms with E-state index >= 15 is 0 Å². The van der Waals surface area contributed by atoms with Gasteiger partial charge in [0, 0.05) is 12.6 Å². The molecule has 2 atom stereocenters. The van der Waals surface area contributed by atoms with E-state index < -0.39 is 13.9 Å². The van der Waals surface area contributed by atoms with Crippen LogP contribution in [0.1, 0.15) is 54.4 Å². The van der Waals surface area contributed by atoms with Gasteiger partial charge in [0.1, 0.15) is 5.60 Å². The molecular formula is C17H35NO4Si. The lowest BCUT2D eigenvalue weighted by Gasteiger charge is -2.44. The van der Waals surface area contributed by atoms with Crippen molar-refractivity contribution in [3.63, 3.8) is 0 Å². The molecule has 1 aliphatic heterocycles. The lowest BCUT2D eigenvalue weighted by molar-refractivity contribution is -0.0163. The summed E-state index contributed by atoms with van der Waals surface area (Å²) >= 11 is 0. The molecule has 136 valence electrons. The predicted molar refractivity (Wildman–Crippen MR) is 95.1 cm³/mol. The predicted octanol–water partition coefficient (Wildman–Crippen LogP) is 3.77. The van der Waals surface area contributed by atoms with Crippen LogP contribution in [0.5, 0.6) is 0 Å². The molecule has 1 amide bonds. The van der Waals surface area contributed by atoms with Crippen LogP contribution in [0.4, 0.5) is 4.79 Å². The summed E-state index contributed by atoms with van der Waals surface area (Å²) in [5.74, 6) is 0. The fourth-order valence-electron chi connectivity index (χ4n) is 2.45. The molecule has 0 saturated carbocycles. The van der Waals surface area contributed by atoms with E-state index in [1.165, 1.54) is 0 Å². The minimum absolute atomic E-state index is 0.0589. The molecule has 0 aromatic rings. The third-order valence-electron chi connectivity index (χ3n) is 4.77. The Kier molecular flexibility index (Phi) is 6.32. The average molecular weight is 346 g/mol. The molecular weight excluding hydrogens is 310 g/mol. The summed E-state index contributed by atoms with van der Waals surface area (Å²) < 4.78 is 11.9. The quantitative estimate of drug-likeness (QED) is 0.791. The number of hydrogen-bond donors (Lipinski definition) is 1. The highest BCUT2D eigenvalue weighted by Gasteiger charge is 2.42. The van der Waals surface area contributed by atoms with Crippen LogP contribution in [-0.2, 0) is 9.16 Å². The second-order valence-electron chi connectivity index (χ2n) is 9.03. The summed E-state index contributed by atoms with van der Waals surface area (Å²) in [6, 6.07) is -0.228. The summed E-state index contributed by atoms with van der Waals surface area (Å²) in [7, 11) is -1.84. The van der Waals surface area contributed by atoms with E-state index in [9.17, 15) is 9.90 Å². The molecule has 23 heavy (non-hydrogen) atoms. The molecule has 0 aromatic carbocycles. The Morgan fingerprint density at radius 2 is 1.78 bits per heavy atom.